The van der Waals surface area contributed by atoms with E-state index in [0.29, 0.717) is 16.7 Å². The quantitative estimate of drug-likeness (QED) is 0.890. The average Bonchev–Trinajstić information content (AvgIpc) is 2.42. The van der Waals surface area contributed by atoms with Gasteiger partial charge in [-0.05, 0) is 42.3 Å². The summed E-state index contributed by atoms with van der Waals surface area (Å²) < 4.78 is 12.9. The maximum Gasteiger partial charge on any atom is 0.339 e. The molecule has 0 bridgehead atoms. The molecule has 0 amide bonds. The SMILES string of the molecule is CC=Cc1cc(-c2ccc(F)cc2)cc(C(=O)O)c1O. The lowest BCUT2D eigenvalue weighted by Crippen LogP contribution is -1.99. The Morgan fingerprint density at radius 1 is 1.15 bits per heavy atom. The largest absolute Gasteiger partial charge is 0.506 e. The molecule has 0 aliphatic carbocycles. The number of benzene rings is 2. The van der Waals surface area contributed by atoms with Crippen molar-refractivity contribution in [3.05, 3.63) is 59.4 Å². The fourth-order valence-corrected chi connectivity index (χ4v) is 1.94. The van der Waals surface area contributed by atoms with Crippen molar-refractivity contribution in [2.24, 2.45) is 0 Å². The molecule has 0 fully saturated rings. The van der Waals surface area contributed by atoms with E-state index in [1.165, 1.54) is 18.2 Å². The molecule has 0 aliphatic rings. The van der Waals surface area contributed by atoms with Crippen molar-refractivity contribution in [3.63, 3.8) is 0 Å². The highest BCUT2D eigenvalue weighted by molar-refractivity contribution is 5.94. The van der Waals surface area contributed by atoms with Crippen molar-refractivity contribution in [1.82, 2.24) is 0 Å². The highest BCUT2D eigenvalue weighted by atomic mass is 19.1. The van der Waals surface area contributed by atoms with Gasteiger partial charge in [0, 0.05) is 5.56 Å². The lowest BCUT2D eigenvalue weighted by atomic mass is 9.98. The van der Waals surface area contributed by atoms with Gasteiger partial charge in [-0.15, -0.1) is 0 Å². The van der Waals surface area contributed by atoms with Gasteiger partial charge >= 0.3 is 5.97 Å². The fraction of sp³-hybridized carbons (Fsp3) is 0.0625. The van der Waals surface area contributed by atoms with E-state index >= 15 is 0 Å². The second-order valence-corrected chi connectivity index (χ2v) is 4.27. The third-order valence-corrected chi connectivity index (χ3v) is 2.89. The molecule has 0 atom stereocenters. The molecule has 3 nitrogen and oxygen atoms in total. The Bertz CT molecular complexity index is 673. The number of hydrogen-bond donors (Lipinski definition) is 2. The summed E-state index contributed by atoms with van der Waals surface area (Å²) in [6.07, 6.45) is 3.32. The van der Waals surface area contributed by atoms with E-state index in [1.807, 2.05) is 0 Å². The van der Waals surface area contributed by atoms with Gasteiger partial charge in [0.15, 0.2) is 0 Å². The van der Waals surface area contributed by atoms with Crippen LogP contribution in [0.25, 0.3) is 17.2 Å². The summed E-state index contributed by atoms with van der Waals surface area (Å²) in [5, 5.41) is 19.0. The van der Waals surface area contributed by atoms with Crippen LogP contribution < -0.4 is 0 Å². The van der Waals surface area contributed by atoms with E-state index in [4.69, 9.17) is 5.11 Å². The van der Waals surface area contributed by atoms with Gasteiger partial charge in [-0.25, -0.2) is 9.18 Å². The normalized spacial score (nSPS) is 10.9. The van der Waals surface area contributed by atoms with E-state index in [2.05, 4.69) is 0 Å². The van der Waals surface area contributed by atoms with E-state index < -0.39 is 5.97 Å². The second-order valence-electron chi connectivity index (χ2n) is 4.27. The van der Waals surface area contributed by atoms with Crippen LogP contribution in [0.4, 0.5) is 4.39 Å². The number of aromatic carboxylic acids is 1. The number of halogens is 1. The molecule has 0 aromatic heterocycles. The molecule has 4 heteroatoms. The molecule has 102 valence electrons. The number of carboxylic acids is 1. The first kappa shape index (κ1) is 13.8. The molecule has 2 aromatic carbocycles. The van der Waals surface area contributed by atoms with Gasteiger partial charge in [0.05, 0.1) is 0 Å². The monoisotopic (exact) mass is 272 g/mol. The number of hydrogen-bond acceptors (Lipinski definition) is 2. The van der Waals surface area contributed by atoms with E-state index in [0.717, 1.165) is 0 Å². The summed E-state index contributed by atoms with van der Waals surface area (Å²) in [7, 11) is 0. The molecule has 0 aliphatic heterocycles. The number of carbonyl (C=O) groups is 1. The summed E-state index contributed by atoms with van der Waals surface area (Å²) in [5.41, 5.74) is 1.51. The predicted molar refractivity (Wildman–Crippen MR) is 75.2 cm³/mol. The maximum absolute atomic E-state index is 12.9. The van der Waals surface area contributed by atoms with Crippen molar-refractivity contribution in [2.45, 2.75) is 6.92 Å². The molecule has 2 N–H and O–H groups in total. The van der Waals surface area contributed by atoms with Gasteiger partial charge in [0.1, 0.15) is 17.1 Å². The molecular weight excluding hydrogens is 259 g/mol. The Balaban J connectivity index is 2.64. The number of aromatic hydroxyl groups is 1. The van der Waals surface area contributed by atoms with Crippen molar-refractivity contribution >= 4 is 12.0 Å². The minimum absolute atomic E-state index is 0.181. The molecule has 0 saturated carbocycles. The van der Waals surface area contributed by atoms with Crippen molar-refractivity contribution in [3.8, 4) is 16.9 Å². The predicted octanol–water partition coefficient (Wildman–Crippen LogP) is 3.93. The minimum atomic E-state index is -1.21. The van der Waals surface area contributed by atoms with E-state index in [9.17, 15) is 14.3 Å². The van der Waals surface area contributed by atoms with Gasteiger partial charge in [-0.1, -0.05) is 24.3 Å². The molecule has 2 aromatic rings. The highest BCUT2D eigenvalue weighted by Crippen LogP contribution is 2.31. The summed E-state index contributed by atoms with van der Waals surface area (Å²) in [5.74, 6) is -1.85. The van der Waals surface area contributed by atoms with Crippen molar-refractivity contribution in [2.75, 3.05) is 0 Å². The maximum atomic E-state index is 12.9. The third-order valence-electron chi connectivity index (χ3n) is 2.89. The second kappa shape index (κ2) is 5.57. The fourth-order valence-electron chi connectivity index (χ4n) is 1.94. The van der Waals surface area contributed by atoms with Gasteiger partial charge in [0.2, 0.25) is 0 Å². The lowest BCUT2D eigenvalue weighted by molar-refractivity contribution is 0.0693. The molecule has 0 spiro atoms. The summed E-state index contributed by atoms with van der Waals surface area (Å²) in [6, 6.07) is 8.77. The number of rotatable bonds is 3. The molecule has 0 heterocycles. The van der Waals surface area contributed by atoms with Crippen LogP contribution >= 0.6 is 0 Å². The highest BCUT2D eigenvalue weighted by Gasteiger charge is 2.15. The third kappa shape index (κ3) is 2.69. The molecule has 0 radical (unpaired) electrons. The zero-order valence-corrected chi connectivity index (χ0v) is 10.8. The number of carboxylic acid groups (broad SMARTS) is 1. The number of allylic oxidation sites excluding steroid dienone is 1. The van der Waals surface area contributed by atoms with E-state index in [1.54, 1.807) is 37.3 Å². The summed E-state index contributed by atoms with van der Waals surface area (Å²) in [4.78, 5) is 11.2. The first-order valence-corrected chi connectivity index (χ1v) is 6.02. The summed E-state index contributed by atoms with van der Waals surface area (Å²) >= 11 is 0. The van der Waals surface area contributed by atoms with Crippen LogP contribution in [0.5, 0.6) is 5.75 Å². The Labute approximate surface area is 115 Å². The first-order valence-electron chi connectivity index (χ1n) is 6.02. The van der Waals surface area contributed by atoms with Crippen LogP contribution in [0.3, 0.4) is 0 Å². The smallest absolute Gasteiger partial charge is 0.339 e. The van der Waals surface area contributed by atoms with Gasteiger partial charge < -0.3 is 10.2 Å². The van der Waals surface area contributed by atoms with Gasteiger partial charge in [-0.2, -0.15) is 0 Å². The van der Waals surface area contributed by atoms with Crippen molar-refractivity contribution in [1.29, 1.82) is 0 Å². The number of phenols is 1. The van der Waals surface area contributed by atoms with Crippen LogP contribution in [0.2, 0.25) is 0 Å². The Morgan fingerprint density at radius 2 is 1.80 bits per heavy atom. The topological polar surface area (TPSA) is 57.5 Å². The van der Waals surface area contributed by atoms with Crippen LogP contribution in [0.1, 0.15) is 22.8 Å². The van der Waals surface area contributed by atoms with Gasteiger partial charge in [-0.3, -0.25) is 0 Å². The zero-order chi connectivity index (χ0) is 14.7. The summed E-state index contributed by atoms with van der Waals surface area (Å²) in [6.45, 7) is 1.77. The first-order chi connectivity index (χ1) is 9.52. The average molecular weight is 272 g/mol. The molecule has 2 rings (SSSR count). The molecular formula is C16H13FO3. The van der Waals surface area contributed by atoms with Crippen LogP contribution in [-0.4, -0.2) is 16.2 Å². The molecule has 0 saturated heterocycles. The Kier molecular flexibility index (Phi) is 3.84. The lowest BCUT2D eigenvalue weighted by Gasteiger charge is -2.09. The Morgan fingerprint density at radius 3 is 2.35 bits per heavy atom. The standard InChI is InChI=1S/C16H13FO3/c1-2-3-11-8-12(9-14(15(11)18)16(19)20)10-4-6-13(17)7-5-10/h2-9,18H,1H3,(H,19,20). The minimum Gasteiger partial charge on any atom is -0.506 e. The van der Waals surface area contributed by atoms with Crippen LogP contribution in [0.15, 0.2) is 42.5 Å². The van der Waals surface area contributed by atoms with Crippen LogP contribution in [-0.2, 0) is 0 Å². The molecule has 20 heavy (non-hydrogen) atoms. The van der Waals surface area contributed by atoms with Gasteiger partial charge in [0.25, 0.3) is 0 Å². The zero-order valence-electron chi connectivity index (χ0n) is 10.8. The van der Waals surface area contributed by atoms with E-state index in [-0.39, 0.29) is 17.1 Å². The van der Waals surface area contributed by atoms with Crippen LogP contribution in [0, 0.1) is 5.82 Å². The molecule has 0 unspecified atom stereocenters. The van der Waals surface area contributed by atoms with Crippen molar-refractivity contribution < 1.29 is 19.4 Å². The Hall–Kier alpha value is -2.62.